The molecule has 1 aromatic rings. The normalized spacial score (nSPS) is 18.0. The van der Waals surface area contributed by atoms with Gasteiger partial charge in [0, 0.05) is 11.0 Å². The molecule has 1 aromatic carbocycles. The van der Waals surface area contributed by atoms with Gasteiger partial charge < -0.3 is 5.32 Å². The van der Waals surface area contributed by atoms with Crippen LogP contribution in [0.2, 0.25) is 10.0 Å². The van der Waals surface area contributed by atoms with E-state index in [-0.39, 0.29) is 15.8 Å². The first-order chi connectivity index (χ1) is 9.50. The third-order valence-corrected chi connectivity index (χ3v) is 4.80. The van der Waals surface area contributed by atoms with Gasteiger partial charge in [-0.3, -0.25) is 4.79 Å². The first-order valence-corrected chi connectivity index (χ1v) is 7.66. The summed E-state index contributed by atoms with van der Waals surface area (Å²) in [5.74, 6) is -0.651. The van der Waals surface area contributed by atoms with Crippen LogP contribution in [0.5, 0.6) is 0 Å². The maximum Gasteiger partial charge on any atom is 0.169 e. The van der Waals surface area contributed by atoms with E-state index >= 15 is 0 Å². The number of halogens is 3. The fraction of sp³-hybridized carbons (Fsp3) is 0.533. The molecule has 1 aliphatic rings. The number of carbonyl (C=O) groups is 1. The smallest absolute Gasteiger partial charge is 0.169 e. The Hall–Kier alpha value is -0.640. The van der Waals surface area contributed by atoms with E-state index in [4.69, 9.17) is 23.2 Å². The molecule has 0 spiro atoms. The van der Waals surface area contributed by atoms with E-state index in [0.29, 0.717) is 5.56 Å². The molecule has 2 nitrogen and oxygen atoms in total. The zero-order chi connectivity index (χ0) is 14.8. The van der Waals surface area contributed by atoms with Crippen LogP contribution in [0.15, 0.2) is 12.1 Å². The van der Waals surface area contributed by atoms with Crippen LogP contribution >= 0.6 is 23.2 Å². The molecule has 20 heavy (non-hydrogen) atoms. The number of Topliss-reactive ketones (excluding diaryl/α,β-unsaturated/α-hetero) is 1. The van der Waals surface area contributed by atoms with Gasteiger partial charge >= 0.3 is 0 Å². The second kappa shape index (κ2) is 6.42. The molecular formula is C15H18Cl2FNO. The lowest BCUT2D eigenvalue weighted by Gasteiger charge is -2.36. The highest BCUT2D eigenvalue weighted by molar-refractivity contribution is 6.42. The summed E-state index contributed by atoms with van der Waals surface area (Å²) in [6.45, 7) is 3.69. The zero-order valence-corrected chi connectivity index (χ0v) is 13.0. The van der Waals surface area contributed by atoms with E-state index in [9.17, 15) is 9.18 Å². The number of carbonyl (C=O) groups excluding carboxylic acids is 1. The summed E-state index contributed by atoms with van der Waals surface area (Å²) in [7, 11) is 0. The number of piperidine rings is 1. The average Bonchev–Trinajstić information content (AvgIpc) is 2.44. The minimum atomic E-state index is -0.636. The Morgan fingerprint density at radius 1 is 1.35 bits per heavy atom. The predicted octanol–water partition coefficient (Wildman–Crippen LogP) is 4.49. The highest BCUT2D eigenvalue weighted by Gasteiger charge is 2.39. The lowest BCUT2D eigenvalue weighted by atomic mass is 9.70. The van der Waals surface area contributed by atoms with Crippen molar-refractivity contribution in [2.75, 3.05) is 13.1 Å². The Morgan fingerprint density at radius 2 is 2.00 bits per heavy atom. The quantitative estimate of drug-likeness (QED) is 0.655. The third kappa shape index (κ3) is 3.00. The second-order valence-electron chi connectivity index (χ2n) is 5.36. The van der Waals surface area contributed by atoms with Crippen molar-refractivity contribution in [2.24, 2.45) is 5.41 Å². The van der Waals surface area contributed by atoms with Crippen LogP contribution in [-0.4, -0.2) is 18.9 Å². The predicted molar refractivity (Wildman–Crippen MR) is 80.2 cm³/mol. The molecular weight excluding hydrogens is 300 g/mol. The van der Waals surface area contributed by atoms with Crippen LogP contribution in [-0.2, 0) is 0 Å². The Bertz CT molecular complexity index is 484. The van der Waals surface area contributed by atoms with E-state index in [0.717, 1.165) is 38.8 Å². The molecule has 1 aliphatic heterocycles. The highest BCUT2D eigenvalue weighted by Crippen LogP contribution is 2.39. The molecule has 1 N–H and O–H groups in total. The Morgan fingerprint density at radius 3 is 2.55 bits per heavy atom. The Labute approximate surface area is 128 Å². The summed E-state index contributed by atoms with van der Waals surface area (Å²) in [6, 6.07) is 2.69. The highest BCUT2D eigenvalue weighted by atomic mass is 35.5. The van der Waals surface area contributed by atoms with Gasteiger partial charge in [0.05, 0.1) is 10.0 Å². The topological polar surface area (TPSA) is 29.1 Å². The lowest BCUT2D eigenvalue weighted by Crippen LogP contribution is -2.42. The summed E-state index contributed by atoms with van der Waals surface area (Å²) in [5, 5.41) is 3.23. The van der Waals surface area contributed by atoms with Crippen molar-refractivity contribution in [2.45, 2.75) is 32.6 Å². The average molecular weight is 318 g/mol. The van der Waals surface area contributed by atoms with Gasteiger partial charge in [-0.1, -0.05) is 36.5 Å². The van der Waals surface area contributed by atoms with Crippen LogP contribution in [0.25, 0.3) is 0 Å². The van der Waals surface area contributed by atoms with Crippen molar-refractivity contribution in [1.29, 1.82) is 0 Å². The SMILES string of the molecule is CCCC1(C(=O)c2cc(F)c(Cl)c(Cl)c2)CCNCC1. The van der Waals surface area contributed by atoms with E-state index in [1.165, 1.54) is 12.1 Å². The molecule has 0 saturated carbocycles. The molecule has 0 unspecified atom stereocenters. The number of nitrogens with one attached hydrogen (secondary N) is 1. The standard InChI is InChI=1S/C15H18Cl2FNO/c1-2-3-15(4-6-19-7-5-15)14(20)10-8-11(16)13(17)12(18)9-10/h8-9,19H,2-7H2,1H3. The summed E-state index contributed by atoms with van der Waals surface area (Å²) in [6.07, 6.45) is 3.30. The largest absolute Gasteiger partial charge is 0.317 e. The van der Waals surface area contributed by atoms with Crippen LogP contribution in [0.1, 0.15) is 43.0 Å². The molecule has 1 saturated heterocycles. The second-order valence-corrected chi connectivity index (χ2v) is 6.15. The van der Waals surface area contributed by atoms with Gasteiger partial charge in [-0.2, -0.15) is 0 Å². The van der Waals surface area contributed by atoms with E-state index < -0.39 is 11.2 Å². The van der Waals surface area contributed by atoms with Crippen LogP contribution in [0.4, 0.5) is 4.39 Å². The van der Waals surface area contributed by atoms with Crippen molar-refractivity contribution < 1.29 is 9.18 Å². The fourth-order valence-electron chi connectivity index (χ4n) is 2.97. The molecule has 1 fully saturated rings. The molecule has 0 amide bonds. The molecule has 0 bridgehead atoms. The van der Waals surface area contributed by atoms with Gasteiger partial charge in [0.2, 0.25) is 0 Å². The molecule has 0 atom stereocenters. The molecule has 5 heteroatoms. The van der Waals surface area contributed by atoms with Gasteiger partial charge in [-0.05, 0) is 44.5 Å². The van der Waals surface area contributed by atoms with E-state index in [1.54, 1.807) is 0 Å². The van der Waals surface area contributed by atoms with Gasteiger partial charge in [-0.25, -0.2) is 4.39 Å². The van der Waals surface area contributed by atoms with Crippen LogP contribution in [0, 0.1) is 11.2 Å². The van der Waals surface area contributed by atoms with Crippen molar-refractivity contribution in [3.8, 4) is 0 Å². The van der Waals surface area contributed by atoms with Crippen molar-refractivity contribution in [1.82, 2.24) is 5.32 Å². The summed E-state index contributed by atoms with van der Waals surface area (Å²) >= 11 is 11.6. The van der Waals surface area contributed by atoms with Crippen molar-refractivity contribution in [3.63, 3.8) is 0 Å². The maximum atomic E-state index is 13.7. The fourth-order valence-corrected chi connectivity index (χ4v) is 3.28. The summed E-state index contributed by atoms with van der Waals surface area (Å²) in [5.41, 5.74) is -0.0731. The Balaban J connectivity index is 2.37. The summed E-state index contributed by atoms with van der Waals surface area (Å²) in [4.78, 5) is 12.8. The molecule has 0 radical (unpaired) electrons. The third-order valence-electron chi connectivity index (χ3n) is 4.02. The van der Waals surface area contributed by atoms with Gasteiger partial charge in [0.25, 0.3) is 0 Å². The van der Waals surface area contributed by atoms with Crippen LogP contribution in [0.3, 0.4) is 0 Å². The maximum absolute atomic E-state index is 13.7. The number of rotatable bonds is 4. The Kier molecular flexibility index (Phi) is 5.05. The first-order valence-electron chi connectivity index (χ1n) is 6.90. The van der Waals surface area contributed by atoms with Gasteiger partial charge in [-0.15, -0.1) is 0 Å². The summed E-state index contributed by atoms with van der Waals surface area (Å²) < 4.78 is 13.7. The number of hydrogen-bond acceptors (Lipinski definition) is 2. The molecule has 2 rings (SSSR count). The van der Waals surface area contributed by atoms with Crippen molar-refractivity contribution in [3.05, 3.63) is 33.6 Å². The minimum absolute atomic E-state index is 0.0154. The zero-order valence-electron chi connectivity index (χ0n) is 11.4. The first kappa shape index (κ1) is 15.7. The van der Waals surface area contributed by atoms with Crippen LogP contribution < -0.4 is 5.32 Å². The number of benzene rings is 1. The lowest BCUT2D eigenvalue weighted by molar-refractivity contribution is 0.0704. The van der Waals surface area contributed by atoms with E-state index in [1.807, 2.05) is 0 Å². The van der Waals surface area contributed by atoms with E-state index in [2.05, 4.69) is 12.2 Å². The molecule has 0 aromatic heterocycles. The minimum Gasteiger partial charge on any atom is -0.317 e. The monoisotopic (exact) mass is 317 g/mol. The number of hydrogen-bond donors (Lipinski definition) is 1. The van der Waals surface area contributed by atoms with Gasteiger partial charge in [0.15, 0.2) is 5.78 Å². The molecule has 110 valence electrons. The molecule has 1 heterocycles. The van der Waals surface area contributed by atoms with Crippen molar-refractivity contribution >= 4 is 29.0 Å². The number of ketones is 1. The van der Waals surface area contributed by atoms with Gasteiger partial charge in [0.1, 0.15) is 5.82 Å². The molecule has 0 aliphatic carbocycles.